The number of imide groups is 1. The summed E-state index contributed by atoms with van der Waals surface area (Å²) in [6.45, 7) is 2.02. The highest BCUT2D eigenvalue weighted by Gasteiger charge is 2.49. The minimum Gasteiger partial charge on any atom is -0.446 e. The molecule has 2 atom stereocenters. The van der Waals surface area contributed by atoms with E-state index in [-0.39, 0.29) is 6.61 Å². The second kappa shape index (κ2) is 6.14. The third kappa shape index (κ3) is 2.75. The number of hydrogen-bond donors (Lipinski definition) is 0. The number of rotatable bonds is 4. The van der Waals surface area contributed by atoms with E-state index in [0.717, 1.165) is 22.0 Å². The standard InChI is InChI=1S/C15H16N4O3S/c1-15(8-23-9-15)12(17-18-16)13(20)19-11(7-22-14(19)21)10-5-3-2-4-6-10/h2-6,11-12H,7-9H2,1H3/t11-,12?/m1/s1. The topological polar surface area (TPSA) is 95.4 Å². The molecule has 7 nitrogen and oxygen atoms in total. The quantitative estimate of drug-likeness (QED) is 0.481. The maximum Gasteiger partial charge on any atom is 0.417 e. The lowest BCUT2D eigenvalue weighted by Gasteiger charge is -2.42. The number of ether oxygens (including phenoxy) is 1. The monoisotopic (exact) mass is 332 g/mol. The van der Waals surface area contributed by atoms with Crippen LogP contribution in [0.15, 0.2) is 35.4 Å². The molecule has 1 aromatic carbocycles. The van der Waals surface area contributed by atoms with E-state index in [0.29, 0.717) is 0 Å². The summed E-state index contributed by atoms with van der Waals surface area (Å²) in [7, 11) is 0. The Balaban J connectivity index is 1.91. The van der Waals surface area contributed by atoms with Gasteiger partial charge in [-0.05, 0) is 11.1 Å². The van der Waals surface area contributed by atoms with Gasteiger partial charge in [0.25, 0.3) is 0 Å². The van der Waals surface area contributed by atoms with Gasteiger partial charge in [0, 0.05) is 21.8 Å². The van der Waals surface area contributed by atoms with Gasteiger partial charge >= 0.3 is 6.09 Å². The average molecular weight is 332 g/mol. The van der Waals surface area contributed by atoms with Gasteiger partial charge in [-0.3, -0.25) is 4.79 Å². The van der Waals surface area contributed by atoms with Crippen LogP contribution in [0.5, 0.6) is 0 Å². The molecule has 2 fully saturated rings. The third-order valence-corrected chi connectivity index (χ3v) is 5.95. The van der Waals surface area contributed by atoms with Gasteiger partial charge < -0.3 is 4.74 Å². The van der Waals surface area contributed by atoms with Gasteiger partial charge in [0.1, 0.15) is 18.7 Å². The molecule has 2 amide bonds. The van der Waals surface area contributed by atoms with Crippen molar-refractivity contribution in [3.8, 4) is 0 Å². The Labute approximate surface area is 137 Å². The molecule has 0 N–H and O–H groups in total. The van der Waals surface area contributed by atoms with Crippen molar-refractivity contribution in [2.45, 2.75) is 19.0 Å². The largest absolute Gasteiger partial charge is 0.446 e. The molecule has 1 aromatic rings. The van der Waals surface area contributed by atoms with Crippen molar-refractivity contribution in [3.63, 3.8) is 0 Å². The second-order valence-corrected chi connectivity index (χ2v) is 6.95. The number of carbonyl (C=O) groups excluding carboxylic acids is 2. The number of benzene rings is 1. The highest BCUT2D eigenvalue weighted by atomic mass is 32.2. The Morgan fingerprint density at radius 3 is 2.74 bits per heavy atom. The van der Waals surface area contributed by atoms with Crippen molar-refractivity contribution in [2.75, 3.05) is 18.1 Å². The van der Waals surface area contributed by atoms with Crippen molar-refractivity contribution < 1.29 is 14.3 Å². The average Bonchev–Trinajstić information content (AvgIpc) is 2.92. The molecule has 2 heterocycles. The number of cyclic esters (lactones) is 1. The van der Waals surface area contributed by atoms with Crippen LogP contribution in [0, 0.1) is 5.41 Å². The summed E-state index contributed by atoms with van der Waals surface area (Å²) < 4.78 is 5.07. The van der Waals surface area contributed by atoms with Crippen molar-refractivity contribution in [1.29, 1.82) is 0 Å². The molecule has 3 rings (SSSR count). The number of nitrogens with zero attached hydrogens (tertiary/aromatic N) is 4. The van der Waals surface area contributed by atoms with Crippen LogP contribution in [0.1, 0.15) is 18.5 Å². The van der Waals surface area contributed by atoms with E-state index in [2.05, 4.69) is 10.0 Å². The summed E-state index contributed by atoms with van der Waals surface area (Å²) in [6.07, 6.45) is -0.683. The fraction of sp³-hybridized carbons (Fsp3) is 0.467. The third-order valence-electron chi connectivity index (χ3n) is 4.22. The van der Waals surface area contributed by atoms with E-state index in [1.54, 1.807) is 11.8 Å². The number of thioether (sulfide) groups is 1. The Morgan fingerprint density at radius 2 is 2.17 bits per heavy atom. The van der Waals surface area contributed by atoms with Crippen LogP contribution >= 0.6 is 11.8 Å². The zero-order valence-electron chi connectivity index (χ0n) is 12.6. The number of amides is 2. The fourth-order valence-electron chi connectivity index (χ4n) is 2.84. The van der Waals surface area contributed by atoms with Crippen molar-refractivity contribution in [3.05, 3.63) is 46.3 Å². The molecule has 2 aliphatic heterocycles. The zero-order valence-corrected chi connectivity index (χ0v) is 13.4. The summed E-state index contributed by atoms with van der Waals surface area (Å²) >= 11 is 1.69. The van der Waals surface area contributed by atoms with Crippen LogP contribution in [0.4, 0.5) is 4.79 Å². The molecule has 2 saturated heterocycles. The van der Waals surface area contributed by atoms with E-state index in [4.69, 9.17) is 10.3 Å². The first kappa shape index (κ1) is 15.7. The van der Waals surface area contributed by atoms with Gasteiger partial charge in [0.05, 0.1) is 0 Å². The van der Waals surface area contributed by atoms with Gasteiger partial charge in [-0.2, -0.15) is 11.8 Å². The highest BCUT2D eigenvalue weighted by Crippen LogP contribution is 2.43. The minimum atomic E-state index is -0.898. The first-order valence-corrected chi connectivity index (χ1v) is 8.39. The molecule has 0 aliphatic carbocycles. The molecule has 0 spiro atoms. The molecule has 0 saturated carbocycles. The van der Waals surface area contributed by atoms with Gasteiger partial charge in [-0.15, -0.1) is 0 Å². The summed E-state index contributed by atoms with van der Waals surface area (Å²) in [5, 5.41) is 3.69. The van der Waals surface area contributed by atoms with Crippen LogP contribution in [0.25, 0.3) is 10.4 Å². The fourth-order valence-corrected chi connectivity index (χ4v) is 4.00. The van der Waals surface area contributed by atoms with Gasteiger partial charge in [-0.1, -0.05) is 42.4 Å². The molecule has 2 aliphatic rings. The first-order chi connectivity index (χ1) is 11.1. The van der Waals surface area contributed by atoms with E-state index in [9.17, 15) is 9.59 Å². The molecule has 0 bridgehead atoms. The van der Waals surface area contributed by atoms with E-state index < -0.39 is 29.5 Å². The second-order valence-electron chi connectivity index (χ2n) is 5.97. The van der Waals surface area contributed by atoms with Gasteiger partial charge in [0.2, 0.25) is 5.91 Å². The van der Waals surface area contributed by atoms with Gasteiger partial charge in [0.15, 0.2) is 0 Å². The minimum absolute atomic E-state index is 0.114. The molecule has 0 radical (unpaired) electrons. The van der Waals surface area contributed by atoms with Crippen LogP contribution < -0.4 is 0 Å². The van der Waals surface area contributed by atoms with E-state index >= 15 is 0 Å². The first-order valence-electron chi connectivity index (χ1n) is 7.23. The molecule has 120 valence electrons. The lowest BCUT2D eigenvalue weighted by molar-refractivity contribution is -0.132. The lowest BCUT2D eigenvalue weighted by Crippen LogP contribution is -2.52. The molecule has 8 heteroatoms. The highest BCUT2D eigenvalue weighted by molar-refractivity contribution is 8.00. The van der Waals surface area contributed by atoms with Crippen molar-refractivity contribution >= 4 is 23.8 Å². The van der Waals surface area contributed by atoms with Crippen LogP contribution in [-0.4, -0.2) is 41.1 Å². The lowest BCUT2D eigenvalue weighted by atomic mass is 9.84. The normalized spacial score (nSPS) is 23.4. The smallest absolute Gasteiger partial charge is 0.417 e. The Hall–Kier alpha value is -2.18. The Morgan fingerprint density at radius 1 is 1.48 bits per heavy atom. The summed E-state index contributed by atoms with van der Waals surface area (Å²) in [4.78, 5) is 28.9. The molecule has 0 aromatic heterocycles. The van der Waals surface area contributed by atoms with E-state index in [1.165, 1.54) is 0 Å². The number of hydrogen-bond acceptors (Lipinski definition) is 5. The number of carbonyl (C=O) groups is 2. The van der Waals surface area contributed by atoms with Crippen molar-refractivity contribution in [2.24, 2.45) is 10.5 Å². The summed E-state index contributed by atoms with van der Waals surface area (Å²) in [5.74, 6) is 0.963. The van der Waals surface area contributed by atoms with Crippen LogP contribution in [0.2, 0.25) is 0 Å². The van der Waals surface area contributed by atoms with Crippen LogP contribution in [0.3, 0.4) is 0 Å². The SMILES string of the molecule is CC1(C(N=[N+]=[N-])C(=O)N2C(=O)OC[C@@H]2c2ccccc2)CSC1. The van der Waals surface area contributed by atoms with E-state index in [1.807, 2.05) is 37.3 Å². The molecular formula is C15H16N4O3S. The van der Waals surface area contributed by atoms with Crippen molar-refractivity contribution in [1.82, 2.24) is 4.90 Å². The maximum absolute atomic E-state index is 12.9. The predicted octanol–water partition coefficient (Wildman–Crippen LogP) is 3.14. The Bertz CT molecular complexity index is 671. The molecule has 1 unspecified atom stereocenters. The van der Waals surface area contributed by atoms with Crippen LogP contribution in [-0.2, 0) is 9.53 Å². The summed E-state index contributed by atoms with van der Waals surface area (Å²) in [5.41, 5.74) is 9.23. The summed E-state index contributed by atoms with van der Waals surface area (Å²) in [6, 6.07) is 7.86. The zero-order chi connectivity index (χ0) is 16.4. The maximum atomic E-state index is 12.9. The predicted molar refractivity (Wildman–Crippen MR) is 85.7 cm³/mol. The van der Waals surface area contributed by atoms with Gasteiger partial charge in [-0.25, -0.2) is 9.69 Å². The number of azide groups is 1. The molecule has 23 heavy (non-hydrogen) atoms. The molecular weight excluding hydrogens is 316 g/mol. The Kier molecular flexibility index (Phi) is 4.19.